The predicted octanol–water partition coefficient (Wildman–Crippen LogP) is 2.89. The van der Waals surface area contributed by atoms with Crippen molar-refractivity contribution in [2.75, 3.05) is 0 Å². The maximum absolute atomic E-state index is 8.63. The Labute approximate surface area is 94.3 Å². The van der Waals surface area contributed by atoms with E-state index in [4.69, 9.17) is 10.3 Å². The standard InChI is InChI=1S/C7H7NO.C6H6O/c9-8-6-7-4-2-1-3-5-7;7-6-4-2-1-3-5-6/h1-6,9H;1-5,7H. The third kappa shape index (κ3) is 4.81. The van der Waals surface area contributed by atoms with Crippen molar-refractivity contribution in [3.05, 3.63) is 66.2 Å². The van der Waals surface area contributed by atoms with Crippen LogP contribution >= 0.6 is 0 Å². The van der Waals surface area contributed by atoms with Crippen LogP contribution in [-0.2, 0) is 0 Å². The summed E-state index contributed by atoms with van der Waals surface area (Å²) in [6, 6.07) is 18.1. The molecule has 3 nitrogen and oxygen atoms in total. The van der Waals surface area contributed by atoms with Crippen molar-refractivity contribution in [1.29, 1.82) is 0 Å². The third-order valence-corrected chi connectivity index (χ3v) is 1.76. The highest BCUT2D eigenvalue weighted by atomic mass is 16.4. The maximum atomic E-state index is 8.63. The summed E-state index contributed by atoms with van der Waals surface area (Å²) in [6.45, 7) is 0. The molecule has 0 radical (unpaired) electrons. The quantitative estimate of drug-likeness (QED) is 0.436. The number of hydrogen-bond acceptors (Lipinski definition) is 3. The summed E-state index contributed by atoms with van der Waals surface area (Å²) in [6.07, 6.45) is 1.39. The molecule has 0 bridgehead atoms. The summed E-state index contributed by atoms with van der Waals surface area (Å²) in [5, 5.41) is 19.6. The molecular weight excluding hydrogens is 202 g/mol. The van der Waals surface area contributed by atoms with E-state index in [2.05, 4.69) is 5.16 Å². The molecule has 0 aromatic heterocycles. The largest absolute Gasteiger partial charge is 0.508 e. The van der Waals surface area contributed by atoms with E-state index in [0.717, 1.165) is 5.56 Å². The van der Waals surface area contributed by atoms with Crippen LogP contribution in [0.2, 0.25) is 0 Å². The van der Waals surface area contributed by atoms with Gasteiger partial charge in [0.05, 0.1) is 6.21 Å². The van der Waals surface area contributed by atoms with Crippen LogP contribution in [0.1, 0.15) is 5.56 Å². The molecular formula is C13H13NO2. The Morgan fingerprint density at radius 2 is 1.31 bits per heavy atom. The lowest BCUT2D eigenvalue weighted by Crippen LogP contribution is -1.76. The van der Waals surface area contributed by atoms with Gasteiger partial charge in [-0.1, -0.05) is 53.7 Å². The highest BCUT2D eigenvalue weighted by Gasteiger charge is 1.80. The Morgan fingerprint density at radius 1 is 0.812 bits per heavy atom. The number of hydrogen-bond donors (Lipinski definition) is 2. The highest BCUT2D eigenvalue weighted by molar-refractivity contribution is 5.78. The number of rotatable bonds is 1. The molecule has 2 rings (SSSR count). The molecule has 2 aromatic carbocycles. The first-order valence-electron chi connectivity index (χ1n) is 4.79. The Bertz CT molecular complexity index is 412. The van der Waals surface area contributed by atoms with Crippen LogP contribution in [-0.4, -0.2) is 16.5 Å². The summed E-state index contributed by atoms with van der Waals surface area (Å²) in [4.78, 5) is 0. The first kappa shape index (κ1) is 11.8. The van der Waals surface area contributed by atoms with Crippen LogP contribution in [0.5, 0.6) is 5.75 Å². The summed E-state index contributed by atoms with van der Waals surface area (Å²) >= 11 is 0. The third-order valence-electron chi connectivity index (χ3n) is 1.76. The first-order chi connectivity index (χ1) is 7.83. The molecule has 3 heteroatoms. The molecule has 0 saturated carbocycles. The Hall–Kier alpha value is -2.29. The van der Waals surface area contributed by atoms with Crippen LogP contribution < -0.4 is 0 Å². The molecule has 0 fully saturated rings. The zero-order valence-corrected chi connectivity index (χ0v) is 8.69. The molecule has 2 aromatic rings. The van der Waals surface area contributed by atoms with Crippen LogP contribution in [0.25, 0.3) is 0 Å². The number of para-hydroxylation sites is 1. The van der Waals surface area contributed by atoms with E-state index in [9.17, 15) is 0 Å². The minimum Gasteiger partial charge on any atom is -0.508 e. The minimum absolute atomic E-state index is 0.322. The smallest absolute Gasteiger partial charge is 0.115 e. The lowest BCUT2D eigenvalue weighted by Gasteiger charge is -1.85. The maximum Gasteiger partial charge on any atom is 0.115 e. The molecule has 0 saturated heterocycles. The van der Waals surface area contributed by atoms with Gasteiger partial charge >= 0.3 is 0 Å². The van der Waals surface area contributed by atoms with Gasteiger partial charge in [0.25, 0.3) is 0 Å². The fraction of sp³-hybridized carbons (Fsp3) is 0. The van der Waals surface area contributed by atoms with Gasteiger partial charge in [-0.05, 0) is 17.7 Å². The molecule has 0 unspecified atom stereocenters. The molecule has 0 aliphatic rings. The van der Waals surface area contributed by atoms with E-state index in [1.807, 2.05) is 36.4 Å². The Kier molecular flexibility index (Phi) is 5.20. The van der Waals surface area contributed by atoms with Crippen molar-refractivity contribution < 1.29 is 10.3 Å². The van der Waals surface area contributed by atoms with Gasteiger partial charge in [-0.15, -0.1) is 0 Å². The second-order valence-electron chi connectivity index (χ2n) is 2.99. The van der Waals surface area contributed by atoms with Gasteiger partial charge in [-0.3, -0.25) is 0 Å². The average Bonchev–Trinajstić information content (AvgIpc) is 2.33. The lowest BCUT2D eigenvalue weighted by atomic mass is 10.2. The molecule has 2 N–H and O–H groups in total. The summed E-state index contributed by atoms with van der Waals surface area (Å²) in [5.41, 5.74) is 0.903. The van der Waals surface area contributed by atoms with Crippen LogP contribution in [0.15, 0.2) is 65.8 Å². The number of benzene rings is 2. The molecule has 0 spiro atoms. The van der Waals surface area contributed by atoms with Gasteiger partial charge in [-0.2, -0.15) is 0 Å². The van der Waals surface area contributed by atoms with Crippen LogP contribution in [0.4, 0.5) is 0 Å². The number of phenolic OH excluding ortho intramolecular Hbond substituents is 1. The fourth-order valence-corrected chi connectivity index (χ4v) is 1.03. The Morgan fingerprint density at radius 3 is 1.69 bits per heavy atom. The topological polar surface area (TPSA) is 52.8 Å². The lowest BCUT2D eigenvalue weighted by molar-refractivity contribution is 0.322. The van der Waals surface area contributed by atoms with Crippen LogP contribution in [0, 0.1) is 0 Å². The summed E-state index contributed by atoms with van der Waals surface area (Å²) < 4.78 is 0. The summed E-state index contributed by atoms with van der Waals surface area (Å²) in [5.74, 6) is 0.322. The second kappa shape index (κ2) is 7.06. The fourth-order valence-electron chi connectivity index (χ4n) is 1.03. The Balaban J connectivity index is 0.000000165. The SMILES string of the molecule is ON=Cc1ccccc1.Oc1ccccc1. The normalized spacial score (nSPS) is 9.50. The molecule has 0 aliphatic heterocycles. The van der Waals surface area contributed by atoms with Gasteiger partial charge in [0, 0.05) is 0 Å². The van der Waals surface area contributed by atoms with Crippen molar-refractivity contribution in [3.63, 3.8) is 0 Å². The average molecular weight is 215 g/mol. The molecule has 16 heavy (non-hydrogen) atoms. The number of aromatic hydroxyl groups is 1. The van der Waals surface area contributed by atoms with Crippen molar-refractivity contribution >= 4 is 6.21 Å². The highest BCUT2D eigenvalue weighted by Crippen LogP contribution is 2.02. The zero-order chi connectivity index (χ0) is 11.6. The van der Waals surface area contributed by atoms with Gasteiger partial charge in [0.1, 0.15) is 5.75 Å². The minimum atomic E-state index is 0.322. The van der Waals surface area contributed by atoms with Crippen molar-refractivity contribution in [2.24, 2.45) is 5.16 Å². The van der Waals surface area contributed by atoms with Crippen molar-refractivity contribution in [3.8, 4) is 5.75 Å². The van der Waals surface area contributed by atoms with Gasteiger partial charge < -0.3 is 10.3 Å². The van der Waals surface area contributed by atoms with Gasteiger partial charge in [-0.25, -0.2) is 0 Å². The number of oxime groups is 1. The molecule has 82 valence electrons. The second-order valence-corrected chi connectivity index (χ2v) is 2.99. The molecule has 0 atom stereocenters. The van der Waals surface area contributed by atoms with Crippen molar-refractivity contribution in [1.82, 2.24) is 0 Å². The van der Waals surface area contributed by atoms with E-state index in [1.165, 1.54) is 6.21 Å². The van der Waals surface area contributed by atoms with E-state index in [1.54, 1.807) is 24.3 Å². The van der Waals surface area contributed by atoms with Crippen LogP contribution in [0.3, 0.4) is 0 Å². The van der Waals surface area contributed by atoms with E-state index < -0.39 is 0 Å². The molecule has 0 aliphatic carbocycles. The molecule has 0 heterocycles. The van der Waals surface area contributed by atoms with Gasteiger partial charge in [0.15, 0.2) is 0 Å². The summed E-state index contributed by atoms with van der Waals surface area (Å²) in [7, 11) is 0. The molecule has 0 amide bonds. The monoisotopic (exact) mass is 215 g/mol. The number of phenols is 1. The van der Waals surface area contributed by atoms with Crippen molar-refractivity contribution in [2.45, 2.75) is 0 Å². The number of nitrogens with zero attached hydrogens (tertiary/aromatic N) is 1. The first-order valence-corrected chi connectivity index (χ1v) is 4.79. The zero-order valence-electron chi connectivity index (χ0n) is 8.69. The van der Waals surface area contributed by atoms with Gasteiger partial charge in [0.2, 0.25) is 0 Å². The van der Waals surface area contributed by atoms with E-state index >= 15 is 0 Å². The van der Waals surface area contributed by atoms with E-state index in [-0.39, 0.29) is 0 Å². The van der Waals surface area contributed by atoms with E-state index in [0.29, 0.717) is 5.75 Å². The predicted molar refractivity (Wildman–Crippen MR) is 63.9 cm³/mol.